The number of hydrogen-bond donors (Lipinski definition) is 1. The Labute approximate surface area is 122 Å². The molecule has 0 spiro atoms. The number of nitrogens with zero attached hydrogens (tertiary/aromatic N) is 2. The number of carbonyl (C=O) groups is 1. The molecule has 1 aliphatic carbocycles. The van der Waals surface area contributed by atoms with Gasteiger partial charge in [-0.05, 0) is 19.9 Å². The fourth-order valence-electron chi connectivity index (χ4n) is 2.61. The van der Waals surface area contributed by atoms with E-state index in [-0.39, 0.29) is 5.91 Å². The number of nitrogens with one attached hydrogen (secondary N) is 1. The predicted octanol–water partition coefficient (Wildman–Crippen LogP) is 1.54. The van der Waals surface area contributed by atoms with Gasteiger partial charge in [-0.3, -0.25) is 4.79 Å². The molecule has 5 nitrogen and oxygen atoms in total. The highest BCUT2D eigenvalue weighted by Crippen LogP contribution is 2.34. The lowest BCUT2D eigenvalue weighted by molar-refractivity contribution is -0.128. The molecule has 1 rings (SSSR count). The van der Waals surface area contributed by atoms with Crippen molar-refractivity contribution in [3.05, 3.63) is 0 Å². The van der Waals surface area contributed by atoms with Crippen molar-refractivity contribution < 1.29 is 9.53 Å². The van der Waals surface area contributed by atoms with Gasteiger partial charge in [0.15, 0.2) is 0 Å². The van der Waals surface area contributed by atoms with Crippen LogP contribution in [0.5, 0.6) is 0 Å². The summed E-state index contributed by atoms with van der Waals surface area (Å²) in [7, 11) is 3.68. The maximum atomic E-state index is 12.3. The van der Waals surface area contributed by atoms with Crippen LogP contribution in [0.15, 0.2) is 0 Å². The third-order valence-corrected chi connectivity index (χ3v) is 4.06. The van der Waals surface area contributed by atoms with Crippen molar-refractivity contribution >= 4 is 5.91 Å². The van der Waals surface area contributed by atoms with Gasteiger partial charge in [0.2, 0.25) is 5.91 Å². The van der Waals surface area contributed by atoms with Crippen molar-refractivity contribution in [2.45, 2.75) is 38.5 Å². The van der Waals surface area contributed by atoms with E-state index < -0.39 is 5.41 Å². The van der Waals surface area contributed by atoms with Crippen molar-refractivity contribution in [1.29, 1.82) is 5.26 Å². The SMILES string of the molecule is COCCN(C)CCNC(=O)C1(C#N)CCCCCC1. The molecular weight excluding hydrogens is 254 g/mol. The summed E-state index contributed by atoms with van der Waals surface area (Å²) in [6, 6.07) is 2.28. The van der Waals surface area contributed by atoms with Gasteiger partial charge in [-0.2, -0.15) is 5.26 Å². The van der Waals surface area contributed by atoms with Gasteiger partial charge in [0, 0.05) is 26.7 Å². The van der Waals surface area contributed by atoms with Crippen molar-refractivity contribution in [3.63, 3.8) is 0 Å². The van der Waals surface area contributed by atoms with E-state index in [0.717, 1.165) is 38.8 Å². The number of amides is 1. The Hall–Kier alpha value is -1.12. The lowest BCUT2D eigenvalue weighted by Gasteiger charge is -2.24. The van der Waals surface area contributed by atoms with E-state index in [1.54, 1.807) is 7.11 Å². The Kier molecular flexibility index (Phi) is 7.56. The Bertz CT molecular complexity index is 331. The summed E-state index contributed by atoms with van der Waals surface area (Å²) in [6.07, 6.45) is 5.64. The van der Waals surface area contributed by atoms with E-state index in [4.69, 9.17) is 4.74 Å². The zero-order valence-electron chi connectivity index (χ0n) is 12.8. The molecule has 0 unspecified atom stereocenters. The van der Waals surface area contributed by atoms with Crippen molar-refractivity contribution in [2.24, 2.45) is 5.41 Å². The average molecular weight is 281 g/mol. The number of hydrogen-bond acceptors (Lipinski definition) is 4. The monoisotopic (exact) mass is 281 g/mol. The molecule has 1 fully saturated rings. The molecule has 0 radical (unpaired) electrons. The first-order valence-electron chi connectivity index (χ1n) is 7.51. The molecule has 20 heavy (non-hydrogen) atoms. The van der Waals surface area contributed by atoms with Gasteiger partial charge in [0.25, 0.3) is 0 Å². The van der Waals surface area contributed by atoms with E-state index in [2.05, 4.69) is 16.3 Å². The molecule has 1 N–H and O–H groups in total. The minimum Gasteiger partial charge on any atom is -0.383 e. The number of ether oxygens (including phenoxy) is 1. The number of carbonyl (C=O) groups excluding carboxylic acids is 1. The first-order valence-corrected chi connectivity index (χ1v) is 7.51. The average Bonchev–Trinajstić information content (AvgIpc) is 2.71. The lowest BCUT2D eigenvalue weighted by Crippen LogP contribution is -2.43. The Morgan fingerprint density at radius 2 is 1.95 bits per heavy atom. The van der Waals surface area contributed by atoms with E-state index in [1.807, 2.05) is 7.05 Å². The molecule has 0 aromatic heterocycles. The van der Waals surface area contributed by atoms with Gasteiger partial charge in [-0.15, -0.1) is 0 Å². The summed E-state index contributed by atoms with van der Waals surface area (Å²) in [5, 5.41) is 12.4. The van der Waals surface area contributed by atoms with Gasteiger partial charge in [-0.1, -0.05) is 25.7 Å². The second kappa shape index (κ2) is 8.93. The quantitative estimate of drug-likeness (QED) is 0.719. The van der Waals surface area contributed by atoms with Crippen LogP contribution in [0.25, 0.3) is 0 Å². The summed E-state index contributed by atoms with van der Waals surface area (Å²) in [6.45, 7) is 2.89. The van der Waals surface area contributed by atoms with Crippen molar-refractivity contribution in [3.8, 4) is 6.07 Å². The molecule has 0 saturated heterocycles. The fraction of sp³-hybridized carbons (Fsp3) is 0.867. The maximum Gasteiger partial charge on any atom is 0.240 e. The smallest absolute Gasteiger partial charge is 0.240 e. The molecule has 0 bridgehead atoms. The molecule has 0 atom stereocenters. The fourth-order valence-corrected chi connectivity index (χ4v) is 2.61. The van der Waals surface area contributed by atoms with Gasteiger partial charge < -0.3 is 15.0 Å². The molecule has 0 aliphatic heterocycles. The van der Waals surface area contributed by atoms with Crippen LogP contribution in [0, 0.1) is 16.7 Å². The highest BCUT2D eigenvalue weighted by molar-refractivity contribution is 5.85. The zero-order chi connectivity index (χ0) is 14.8. The number of methoxy groups -OCH3 is 1. The predicted molar refractivity (Wildman–Crippen MR) is 78.1 cm³/mol. The number of nitriles is 1. The van der Waals surface area contributed by atoms with Gasteiger partial charge >= 0.3 is 0 Å². The highest BCUT2D eigenvalue weighted by Gasteiger charge is 2.38. The number of rotatable bonds is 7. The van der Waals surface area contributed by atoms with Crippen LogP contribution < -0.4 is 5.32 Å². The molecule has 1 amide bonds. The standard InChI is InChI=1S/C15H27N3O2/c1-18(11-12-20-2)10-9-17-14(19)15(13-16)7-5-3-4-6-8-15/h3-12H2,1-2H3,(H,17,19). The van der Waals surface area contributed by atoms with E-state index in [9.17, 15) is 10.1 Å². The first kappa shape index (κ1) is 16.9. The minimum atomic E-state index is -0.790. The summed E-state index contributed by atoms with van der Waals surface area (Å²) in [4.78, 5) is 14.4. The molecule has 0 aromatic carbocycles. The molecule has 0 aromatic rings. The van der Waals surface area contributed by atoms with Crippen LogP contribution in [0.4, 0.5) is 0 Å². The van der Waals surface area contributed by atoms with Crippen LogP contribution >= 0.6 is 0 Å². The third kappa shape index (κ3) is 5.10. The lowest BCUT2D eigenvalue weighted by atomic mass is 9.81. The summed E-state index contributed by atoms with van der Waals surface area (Å²) in [5.74, 6) is -0.0814. The normalized spacial score (nSPS) is 18.3. The number of likely N-dealkylation sites (N-methyl/N-ethyl adjacent to an activating group) is 1. The summed E-state index contributed by atoms with van der Waals surface area (Å²) in [5.41, 5.74) is -0.790. The highest BCUT2D eigenvalue weighted by atomic mass is 16.5. The van der Waals surface area contributed by atoms with Gasteiger partial charge in [0.1, 0.15) is 5.41 Å². The third-order valence-electron chi connectivity index (χ3n) is 4.06. The van der Waals surface area contributed by atoms with E-state index >= 15 is 0 Å². The van der Waals surface area contributed by atoms with Crippen LogP contribution in [-0.2, 0) is 9.53 Å². The van der Waals surface area contributed by atoms with E-state index in [1.165, 1.54) is 0 Å². The summed E-state index contributed by atoms with van der Waals surface area (Å²) >= 11 is 0. The van der Waals surface area contributed by atoms with Crippen molar-refractivity contribution in [2.75, 3.05) is 40.4 Å². The largest absolute Gasteiger partial charge is 0.383 e. The first-order chi connectivity index (χ1) is 9.64. The van der Waals surface area contributed by atoms with Crippen LogP contribution in [-0.4, -0.2) is 51.2 Å². The maximum absolute atomic E-state index is 12.3. The second-order valence-electron chi connectivity index (χ2n) is 5.66. The van der Waals surface area contributed by atoms with Crippen LogP contribution in [0.3, 0.4) is 0 Å². The van der Waals surface area contributed by atoms with Crippen LogP contribution in [0.2, 0.25) is 0 Å². The Balaban J connectivity index is 2.38. The molecule has 5 heteroatoms. The zero-order valence-corrected chi connectivity index (χ0v) is 12.8. The Morgan fingerprint density at radius 1 is 1.30 bits per heavy atom. The van der Waals surface area contributed by atoms with Gasteiger partial charge in [-0.25, -0.2) is 0 Å². The molecule has 0 heterocycles. The minimum absolute atomic E-state index is 0.0814. The van der Waals surface area contributed by atoms with Crippen LogP contribution in [0.1, 0.15) is 38.5 Å². The van der Waals surface area contributed by atoms with Gasteiger partial charge in [0.05, 0.1) is 12.7 Å². The molecular formula is C15H27N3O2. The second-order valence-corrected chi connectivity index (χ2v) is 5.66. The topological polar surface area (TPSA) is 65.4 Å². The van der Waals surface area contributed by atoms with E-state index in [0.29, 0.717) is 26.0 Å². The Morgan fingerprint density at radius 3 is 2.50 bits per heavy atom. The molecule has 114 valence electrons. The van der Waals surface area contributed by atoms with Crippen molar-refractivity contribution in [1.82, 2.24) is 10.2 Å². The molecule has 1 saturated carbocycles. The summed E-state index contributed by atoms with van der Waals surface area (Å²) < 4.78 is 5.01. The molecule has 1 aliphatic rings.